The lowest BCUT2D eigenvalue weighted by Crippen LogP contribution is -2.20. The summed E-state index contributed by atoms with van der Waals surface area (Å²) in [7, 11) is 0. The molecule has 0 bridgehead atoms. The van der Waals surface area contributed by atoms with E-state index in [0.29, 0.717) is 11.8 Å². The Labute approximate surface area is 327 Å². The molecule has 1 heterocycles. The third-order valence-corrected chi connectivity index (χ3v) is 13.0. The molecule has 4 aliphatic carbocycles. The Morgan fingerprint density at radius 1 is 0.618 bits per heavy atom. The minimum atomic E-state index is -0.0716. The number of fused-ring (bicyclic) bond motifs is 6. The molecule has 4 aliphatic rings. The first-order valence-corrected chi connectivity index (χ1v) is 20.5. The number of anilines is 2. The SMILES string of the molecule is CC1C=C(N(c2ccc(C3=Cc4c5c(n(-c6ccccc6)c4CC3C)CCCC5)cc2)c2ccc3c(c2)C(C)(C)c2ccccc2-3)C=C(c2ccccc2)C1. The molecule has 1 aromatic heterocycles. The molecular formula is C53H50N2. The van der Waals surface area contributed by atoms with E-state index < -0.39 is 0 Å². The summed E-state index contributed by atoms with van der Waals surface area (Å²) in [5.74, 6) is 0.843. The van der Waals surface area contributed by atoms with E-state index in [2.05, 4.69) is 183 Å². The lowest BCUT2D eigenvalue weighted by molar-refractivity contribution is 0.653. The molecule has 10 rings (SSSR count). The molecule has 0 saturated carbocycles. The van der Waals surface area contributed by atoms with Crippen LogP contribution in [0.2, 0.25) is 0 Å². The largest absolute Gasteiger partial charge is 0.317 e. The van der Waals surface area contributed by atoms with E-state index in [9.17, 15) is 0 Å². The van der Waals surface area contributed by atoms with Gasteiger partial charge in [-0.1, -0.05) is 125 Å². The number of hydrogen-bond donors (Lipinski definition) is 0. The van der Waals surface area contributed by atoms with Crippen LogP contribution in [0.3, 0.4) is 0 Å². The molecular weight excluding hydrogens is 665 g/mol. The molecule has 0 saturated heterocycles. The van der Waals surface area contributed by atoms with Gasteiger partial charge in [-0.05, 0) is 155 Å². The van der Waals surface area contributed by atoms with Crippen molar-refractivity contribution in [1.29, 1.82) is 0 Å². The minimum absolute atomic E-state index is 0.0716. The van der Waals surface area contributed by atoms with Gasteiger partial charge in [-0.2, -0.15) is 0 Å². The van der Waals surface area contributed by atoms with E-state index in [1.807, 2.05) is 0 Å². The van der Waals surface area contributed by atoms with Gasteiger partial charge in [-0.3, -0.25) is 0 Å². The molecule has 5 aromatic carbocycles. The Balaban J connectivity index is 1.07. The molecule has 0 N–H and O–H groups in total. The minimum Gasteiger partial charge on any atom is -0.317 e. The first-order chi connectivity index (χ1) is 26.8. The molecule has 0 radical (unpaired) electrons. The van der Waals surface area contributed by atoms with Crippen LogP contribution in [0.1, 0.15) is 91.7 Å². The Hall–Kier alpha value is -5.60. The molecule has 0 amide bonds. The predicted molar refractivity (Wildman–Crippen MR) is 232 cm³/mol. The van der Waals surface area contributed by atoms with Crippen LogP contribution in [-0.4, -0.2) is 4.57 Å². The number of para-hydroxylation sites is 1. The second-order valence-electron chi connectivity index (χ2n) is 17.0. The van der Waals surface area contributed by atoms with Crippen LogP contribution in [-0.2, 0) is 24.7 Å². The van der Waals surface area contributed by atoms with Gasteiger partial charge in [0.15, 0.2) is 0 Å². The van der Waals surface area contributed by atoms with Gasteiger partial charge in [0.25, 0.3) is 0 Å². The summed E-state index contributed by atoms with van der Waals surface area (Å²) < 4.78 is 2.61. The molecule has 2 heteroatoms. The van der Waals surface area contributed by atoms with Gasteiger partial charge in [0.05, 0.1) is 0 Å². The van der Waals surface area contributed by atoms with Crippen molar-refractivity contribution in [2.45, 2.75) is 71.6 Å². The monoisotopic (exact) mass is 714 g/mol. The van der Waals surface area contributed by atoms with Crippen molar-refractivity contribution in [2.24, 2.45) is 11.8 Å². The molecule has 2 atom stereocenters. The zero-order valence-electron chi connectivity index (χ0n) is 32.6. The standard InChI is InChI=1S/C53H50N2/c1-35-29-39(37-15-7-5-8-16-37)32-43(30-35)54(42-27-28-45-44-19-11-13-21-49(44)53(3,4)50(45)33-42)41-25-23-38(24-26-41)47-34-48-46-20-12-14-22-51(46)55(52(48)31-36(47)2)40-17-9-6-10-18-40/h5-11,13,15-19,21,23-28,30,32-36H,12,14,20,22,29,31H2,1-4H3. The Bertz CT molecular complexity index is 2520. The number of allylic oxidation sites excluding steroid dienone is 4. The maximum Gasteiger partial charge on any atom is 0.0464 e. The summed E-state index contributed by atoms with van der Waals surface area (Å²) >= 11 is 0. The molecule has 6 aromatic rings. The predicted octanol–water partition coefficient (Wildman–Crippen LogP) is 13.5. The number of aromatic nitrogens is 1. The lowest BCUT2D eigenvalue weighted by Gasteiger charge is -2.32. The zero-order valence-corrected chi connectivity index (χ0v) is 32.6. The molecule has 0 spiro atoms. The van der Waals surface area contributed by atoms with Gasteiger partial charge >= 0.3 is 0 Å². The Morgan fingerprint density at radius 3 is 2.11 bits per heavy atom. The van der Waals surface area contributed by atoms with Gasteiger partial charge in [0.2, 0.25) is 0 Å². The third-order valence-electron chi connectivity index (χ3n) is 13.0. The highest BCUT2D eigenvalue weighted by atomic mass is 15.1. The first-order valence-electron chi connectivity index (χ1n) is 20.5. The summed E-state index contributed by atoms with van der Waals surface area (Å²) in [5.41, 5.74) is 22.0. The van der Waals surface area contributed by atoms with Gasteiger partial charge < -0.3 is 9.47 Å². The van der Waals surface area contributed by atoms with E-state index in [4.69, 9.17) is 0 Å². The normalized spacial score (nSPS) is 19.3. The maximum absolute atomic E-state index is 2.61. The van der Waals surface area contributed by atoms with Gasteiger partial charge in [0.1, 0.15) is 0 Å². The van der Waals surface area contributed by atoms with Crippen LogP contribution in [0.25, 0.3) is 34.0 Å². The van der Waals surface area contributed by atoms with E-state index in [0.717, 1.165) is 12.8 Å². The third kappa shape index (κ3) is 5.68. The van der Waals surface area contributed by atoms with E-state index in [1.54, 1.807) is 5.56 Å². The van der Waals surface area contributed by atoms with E-state index in [1.165, 1.54) is 110 Å². The fourth-order valence-corrected chi connectivity index (χ4v) is 10.3. The maximum atomic E-state index is 2.61. The topological polar surface area (TPSA) is 8.17 Å². The van der Waals surface area contributed by atoms with Gasteiger partial charge in [-0.15, -0.1) is 0 Å². The van der Waals surface area contributed by atoms with Crippen molar-refractivity contribution in [3.05, 3.63) is 190 Å². The molecule has 2 nitrogen and oxygen atoms in total. The fourth-order valence-electron chi connectivity index (χ4n) is 10.3. The molecule has 0 fully saturated rings. The van der Waals surface area contributed by atoms with E-state index >= 15 is 0 Å². The Kier molecular flexibility index (Phi) is 8.21. The van der Waals surface area contributed by atoms with Crippen LogP contribution < -0.4 is 4.90 Å². The quantitative estimate of drug-likeness (QED) is 0.167. The van der Waals surface area contributed by atoms with Gasteiger partial charge in [-0.25, -0.2) is 0 Å². The van der Waals surface area contributed by atoms with Crippen molar-refractivity contribution in [2.75, 3.05) is 4.90 Å². The Morgan fingerprint density at radius 2 is 1.31 bits per heavy atom. The average molecular weight is 715 g/mol. The van der Waals surface area contributed by atoms with Gasteiger partial charge in [0, 0.05) is 39.6 Å². The lowest BCUT2D eigenvalue weighted by atomic mass is 9.82. The van der Waals surface area contributed by atoms with Crippen molar-refractivity contribution in [3.63, 3.8) is 0 Å². The number of hydrogen-bond acceptors (Lipinski definition) is 1. The molecule has 55 heavy (non-hydrogen) atoms. The van der Waals surface area contributed by atoms with Crippen molar-refractivity contribution in [1.82, 2.24) is 4.57 Å². The summed E-state index contributed by atoms with van der Waals surface area (Å²) in [5, 5.41) is 0. The first kappa shape index (κ1) is 33.9. The highest BCUT2D eigenvalue weighted by Gasteiger charge is 2.36. The number of nitrogens with zero attached hydrogens (tertiary/aromatic N) is 2. The summed E-state index contributed by atoms with van der Waals surface area (Å²) in [6.45, 7) is 9.54. The van der Waals surface area contributed by atoms with Crippen LogP contribution in [0.4, 0.5) is 11.4 Å². The number of rotatable bonds is 6. The van der Waals surface area contributed by atoms with Crippen LogP contribution in [0.5, 0.6) is 0 Å². The smallest absolute Gasteiger partial charge is 0.0464 e. The van der Waals surface area contributed by atoms with Crippen LogP contribution in [0, 0.1) is 11.8 Å². The highest BCUT2D eigenvalue weighted by Crippen LogP contribution is 2.51. The second-order valence-corrected chi connectivity index (χ2v) is 17.0. The summed E-state index contributed by atoms with van der Waals surface area (Å²) in [6.07, 6.45) is 14.5. The second kappa shape index (κ2) is 13.3. The van der Waals surface area contributed by atoms with Crippen molar-refractivity contribution < 1.29 is 0 Å². The number of benzene rings is 5. The highest BCUT2D eigenvalue weighted by molar-refractivity contribution is 5.89. The molecule has 2 unspecified atom stereocenters. The summed E-state index contributed by atoms with van der Waals surface area (Å²) in [6, 6.07) is 47.6. The van der Waals surface area contributed by atoms with Crippen molar-refractivity contribution >= 4 is 28.6 Å². The fraction of sp³-hybridized carbons (Fsp3) is 0.245. The molecule has 272 valence electrons. The van der Waals surface area contributed by atoms with E-state index in [-0.39, 0.29) is 5.41 Å². The van der Waals surface area contributed by atoms with Crippen LogP contribution >= 0.6 is 0 Å². The van der Waals surface area contributed by atoms with Crippen LogP contribution in [0.15, 0.2) is 145 Å². The average Bonchev–Trinajstić information content (AvgIpc) is 3.66. The zero-order chi connectivity index (χ0) is 37.3. The molecule has 0 aliphatic heterocycles. The van der Waals surface area contributed by atoms with Crippen molar-refractivity contribution in [3.8, 4) is 16.8 Å². The summed E-state index contributed by atoms with van der Waals surface area (Å²) in [4.78, 5) is 2.51.